The summed E-state index contributed by atoms with van der Waals surface area (Å²) < 4.78 is 24.9. The molecule has 8 heteroatoms. The minimum absolute atomic E-state index is 0.0403. The van der Waals surface area contributed by atoms with Crippen LogP contribution < -0.4 is 4.74 Å². The van der Waals surface area contributed by atoms with Crippen LogP contribution in [0.3, 0.4) is 0 Å². The van der Waals surface area contributed by atoms with Gasteiger partial charge in [-0.3, -0.25) is 14.6 Å². The quantitative estimate of drug-likeness (QED) is 0.685. The molecule has 3 fully saturated rings. The van der Waals surface area contributed by atoms with Crippen LogP contribution >= 0.6 is 0 Å². The molecule has 0 bridgehead atoms. The maximum Gasteiger partial charge on any atom is 0.411 e. The van der Waals surface area contributed by atoms with Crippen LogP contribution in [-0.2, 0) is 9.53 Å². The number of nitrogens with zero attached hydrogens (tertiary/aromatic N) is 3. The second-order valence-corrected chi connectivity index (χ2v) is 10.4. The molecule has 2 aliphatic heterocycles. The Hall–Kier alpha value is -2.35. The van der Waals surface area contributed by atoms with Gasteiger partial charge >= 0.3 is 6.09 Å². The van der Waals surface area contributed by atoms with Crippen molar-refractivity contribution in [1.29, 1.82) is 0 Å². The first-order valence-electron chi connectivity index (χ1n) is 12.1. The van der Waals surface area contributed by atoms with Gasteiger partial charge in [-0.2, -0.15) is 0 Å². The molecule has 1 aromatic rings. The van der Waals surface area contributed by atoms with Gasteiger partial charge in [-0.1, -0.05) is 6.42 Å². The largest absolute Gasteiger partial charge is 0.488 e. The number of benzene rings is 1. The van der Waals surface area contributed by atoms with E-state index in [1.807, 2.05) is 25.7 Å². The van der Waals surface area contributed by atoms with Crippen LogP contribution in [0.1, 0.15) is 52.9 Å². The minimum Gasteiger partial charge on any atom is -0.488 e. The maximum absolute atomic E-state index is 13.6. The molecule has 2 atom stereocenters. The van der Waals surface area contributed by atoms with E-state index in [9.17, 15) is 14.0 Å². The molecule has 4 rings (SSSR count). The Morgan fingerprint density at radius 2 is 1.73 bits per heavy atom. The first-order chi connectivity index (χ1) is 15.7. The summed E-state index contributed by atoms with van der Waals surface area (Å²) in [6.45, 7) is 8.97. The third-order valence-electron chi connectivity index (χ3n) is 6.73. The van der Waals surface area contributed by atoms with Gasteiger partial charge in [-0.15, -0.1) is 0 Å². The Morgan fingerprint density at radius 1 is 1.00 bits per heavy atom. The average molecular weight is 462 g/mol. The van der Waals surface area contributed by atoms with E-state index in [0.29, 0.717) is 31.3 Å². The zero-order valence-electron chi connectivity index (χ0n) is 20.0. The third-order valence-corrected chi connectivity index (χ3v) is 6.73. The van der Waals surface area contributed by atoms with Crippen LogP contribution in [0.5, 0.6) is 5.75 Å². The molecule has 3 aliphatic rings. The molecule has 1 aromatic carbocycles. The smallest absolute Gasteiger partial charge is 0.411 e. The first kappa shape index (κ1) is 23.8. The fourth-order valence-corrected chi connectivity index (χ4v) is 4.83. The number of halogens is 1. The van der Waals surface area contributed by atoms with Gasteiger partial charge in [0, 0.05) is 38.6 Å². The summed E-state index contributed by atoms with van der Waals surface area (Å²) >= 11 is 0. The van der Waals surface area contributed by atoms with Crippen molar-refractivity contribution in [3.63, 3.8) is 0 Å². The van der Waals surface area contributed by atoms with Crippen molar-refractivity contribution >= 4 is 12.0 Å². The summed E-state index contributed by atoms with van der Waals surface area (Å²) in [6, 6.07) is 5.84. The van der Waals surface area contributed by atoms with Gasteiger partial charge in [-0.05, 0) is 64.3 Å². The van der Waals surface area contributed by atoms with E-state index in [1.54, 1.807) is 12.1 Å². The predicted molar refractivity (Wildman–Crippen MR) is 123 cm³/mol. The molecule has 0 N–H and O–H groups in total. The normalized spacial score (nSPS) is 24.8. The molecule has 182 valence electrons. The van der Waals surface area contributed by atoms with E-state index < -0.39 is 17.7 Å². The maximum atomic E-state index is 13.6. The second kappa shape index (κ2) is 9.87. The van der Waals surface area contributed by atoms with Crippen molar-refractivity contribution in [1.82, 2.24) is 14.7 Å². The first-order valence-corrected chi connectivity index (χ1v) is 12.1. The standard InChI is InChI=1S/C25H36FN3O4/c1-25(2,3)33-24(31)29-17-21(32-20-10-8-18(26)9-11-20)16-22(29)23(30)28-13-5-12-27(14-15-28)19-6-4-7-19/h8-11,19,21-22H,4-7,12-17H2,1-3H3/t21-,22+/m0/s1. The van der Waals surface area contributed by atoms with Gasteiger partial charge < -0.3 is 14.4 Å². The highest BCUT2D eigenvalue weighted by Crippen LogP contribution is 2.28. The SMILES string of the molecule is CC(C)(C)OC(=O)N1C[C@@H](Oc2ccc(F)cc2)C[C@@H]1C(=O)N1CCCN(C2CCC2)CC1. The van der Waals surface area contributed by atoms with Crippen molar-refractivity contribution in [3.05, 3.63) is 30.1 Å². The zero-order valence-corrected chi connectivity index (χ0v) is 20.0. The topological polar surface area (TPSA) is 62.3 Å². The molecule has 0 radical (unpaired) electrons. The Bertz CT molecular complexity index is 837. The van der Waals surface area contributed by atoms with E-state index in [-0.39, 0.29) is 24.4 Å². The number of rotatable bonds is 4. The van der Waals surface area contributed by atoms with Gasteiger partial charge in [0.05, 0.1) is 6.54 Å². The van der Waals surface area contributed by atoms with E-state index >= 15 is 0 Å². The van der Waals surface area contributed by atoms with E-state index in [4.69, 9.17) is 9.47 Å². The van der Waals surface area contributed by atoms with Crippen molar-refractivity contribution in [2.24, 2.45) is 0 Å². The Labute approximate surface area is 195 Å². The number of hydrogen-bond donors (Lipinski definition) is 0. The summed E-state index contributed by atoms with van der Waals surface area (Å²) in [4.78, 5) is 32.5. The summed E-state index contributed by atoms with van der Waals surface area (Å²) in [5.41, 5.74) is -0.660. The number of carbonyl (C=O) groups is 2. The van der Waals surface area contributed by atoms with Gasteiger partial charge in [-0.25, -0.2) is 9.18 Å². The highest BCUT2D eigenvalue weighted by atomic mass is 19.1. The van der Waals surface area contributed by atoms with E-state index in [2.05, 4.69) is 4.90 Å². The summed E-state index contributed by atoms with van der Waals surface area (Å²) in [7, 11) is 0. The lowest BCUT2D eigenvalue weighted by atomic mass is 9.91. The monoisotopic (exact) mass is 461 g/mol. The zero-order chi connectivity index (χ0) is 23.6. The fraction of sp³-hybridized carbons (Fsp3) is 0.680. The summed E-state index contributed by atoms with van der Waals surface area (Å²) in [6.07, 6.45) is 4.27. The van der Waals surface area contributed by atoms with Crippen LogP contribution in [0.15, 0.2) is 24.3 Å². The molecule has 1 aliphatic carbocycles. The van der Waals surface area contributed by atoms with Crippen molar-refractivity contribution < 1.29 is 23.5 Å². The molecule has 0 aromatic heterocycles. The van der Waals surface area contributed by atoms with Crippen molar-refractivity contribution in [2.45, 2.75) is 76.7 Å². The van der Waals surface area contributed by atoms with Crippen molar-refractivity contribution in [2.75, 3.05) is 32.7 Å². The van der Waals surface area contributed by atoms with Gasteiger partial charge in [0.2, 0.25) is 5.91 Å². The molecule has 33 heavy (non-hydrogen) atoms. The Morgan fingerprint density at radius 3 is 2.36 bits per heavy atom. The molecule has 1 saturated carbocycles. The minimum atomic E-state index is -0.660. The molecular weight excluding hydrogens is 425 g/mol. The summed E-state index contributed by atoms with van der Waals surface area (Å²) in [5, 5.41) is 0. The summed E-state index contributed by atoms with van der Waals surface area (Å²) in [5.74, 6) is 0.139. The highest BCUT2D eigenvalue weighted by molar-refractivity contribution is 5.86. The molecule has 2 saturated heterocycles. The lowest BCUT2D eigenvalue weighted by Crippen LogP contribution is -2.50. The van der Waals surface area contributed by atoms with Crippen LogP contribution in [-0.4, -0.2) is 83.2 Å². The van der Waals surface area contributed by atoms with Gasteiger partial charge in [0.1, 0.15) is 29.3 Å². The molecule has 7 nitrogen and oxygen atoms in total. The van der Waals surface area contributed by atoms with Crippen LogP contribution in [0.25, 0.3) is 0 Å². The van der Waals surface area contributed by atoms with E-state index in [1.165, 1.54) is 36.3 Å². The van der Waals surface area contributed by atoms with Gasteiger partial charge in [0.15, 0.2) is 0 Å². The lowest BCUT2D eigenvalue weighted by Gasteiger charge is -2.37. The molecule has 2 heterocycles. The Balaban J connectivity index is 1.45. The van der Waals surface area contributed by atoms with Gasteiger partial charge in [0.25, 0.3) is 0 Å². The molecular formula is C25H36FN3O4. The molecule has 0 spiro atoms. The van der Waals surface area contributed by atoms with Crippen LogP contribution in [0.4, 0.5) is 9.18 Å². The lowest BCUT2D eigenvalue weighted by molar-refractivity contribution is -0.135. The number of amides is 2. The number of likely N-dealkylation sites (tertiary alicyclic amines) is 1. The molecule has 0 unspecified atom stereocenters. The second-order valence-electron chi connectivity index (χ2n) is 10.4. The predicted octanol–water partition coefficient (Wildman–Crippen LogP) is 3.67. The number of carbonyl (C=O) groups excluding carboxylic acids is 2. The van der Waals surface area contributed by atoms with Crippen molar-refractivity contribution in [3.8, 4) is 5.75 Å². The number of hydrogen-bond acceptors (Lipinski definition) is 5. The fourth-order valence-electron chi connectivity index (χ4n) is 4.83. The van der Waals surface area contributed by atoms with E-state index in [0.717, 1.165) is 19.5 Å². The molecule has 2 amide bonds. The number of ether oxygens (including phenoxy) is 2. The average Bonchev–Trinajstić information content (AvgIpc) is 2.98. The Kier molecular flexibility index (Phi) is 7.12. The highest BCUT2D eigenvalue weighted by Gasteiger charge is 2.44. The van der Waals surface area contributed by atoms with Crippen LogP contribution in [0.2, 0.25) is 0 Å². The third kappa shape index (κ3) is 5.96. The van der Waals surface area contributed by atoms with Crippen LogP contribution in [0, 0.1) is 5.82 Å².